The fraction of sp³-hybridized carbons (Fsp3) is 0.875. The second kappa shape index (κ2) is 13.1. The van der Waals surface area contributed by atoms with Gasteiger partial charge in [-0.05, 0) is 51.4 Å². The SMILES string of the molecule is N=C(N)N1CCC(OCC[C@@H]2CCCCN2C(=O)[C@H](CC(=O)O)NC2CCCCCC2)CC1. The Morgan fingerprint density at radius 3 is 2.30 bits per heavy atom. The maximum atomic E-state index is 13.5. The van der Waals surface area contributed by atoms with Crippen LogP contribution in [0.15, 0.2) is 0 Å². The van der Waals surface area contributed by atoms with Crippen LogP contribution in [0.5, 0.6) is 0 Å². The largest absolute Gasteiger partial charge is 0.481 e. The van der Waals surface area contributed by atoms with Crippen LogP contribution in [0.2, 0.25) is 0 Å². The number of aliphatic carboxylic acids is 1. The van der Waals surface area contributed by atoms with Gasteiger partial charge < -0.3 is 30.7 Å². The molecule has 9 nitrogen and oxygen atoms in total. The number of likely N-dealkylation sites (tertiary alicyclic amines) is 2. The normalized spacial score (nSPS) is 24.3. The molecule has 3 rings (SSSR count). The van der Waals surface area contributed by atoms with Crippen LogP contribution < -0.4 is 11.1 Å². The lowest BCUT2D eigenvalue weighted by Gasteiger charge is -2.39. The minimum atomic E-state index is -0.928. The molecule has 9 heteroatoms. The summed E-state index contributed by atoms with van der Waals surface area (Å²) < 4.78 is 6.12. The lowest BCUT2D eigenvalue weighted by atomic mass is 9.97. The third kappa shape index (κ3) is 8.14. The Morgan fingerprint density at radius 1 is 1.00 bits per heavy atom. The standard InChI is InChI=1S/C24H43N5O4/c25-24(26)28-14-10-20(11-15-28)33-16-12-19-9-5-6-13-29(19)23(32)21(17-22(30)31)27-18-7-3-1-2-4-8-18/h18-21,27H,1-17H2,(H3,25,26)(H,30,31)/t19-,21-/m0/s1. The molecule has 0 spiro atoms. The quantitative estimate of drug-likeness (QED) is 0.233. The van der Waals surface area contributed by atoms with Crippen LogP contribution in [0.25, 0.3) is 0 Å². The summed E-state index contributed by atoms with van der Waals surface area (Å²) in [6, 6.07) is -0.313. The summed E-state index contributed by atoms with van der Waals surface area (Å²) in [5.41, 5.74) is 5.56. The number of nitrogens with zero attached hydrogens (tertiary/aromatic N) is 2. The molecule has 1 saturated carbocycles. The zero-order valence-corrected chi connectivity index (χ0v) is 20.0. The Labute approximate surface area is 197 Å². The number of nitrogens with one attached hydrogen (secondary N) is 2. The second-order valence-corrected chi connectivity index (χ2v) is 9.92. The highest BCUT2D eigenvalue weighted by Gasteiger charge is 2.34. The van der Waals surface area contributed by atoms with E-state index in [1.807, 2.05) is 9.80 Å². The van der Waals surface area contributed by atoms with Crippen LogP contribution in [-0.4, -0.2) is 83.2 Å². The molecule has 0 bridgehead atoms. The predicted molar refractivity (Wildman–Crippen MR) is 127 cm³/mol. The van der Waals surface area contributed by atoms with Crippen molar-refractivity contribution in [3.63, 3.8) is 0 Å². The van der Waals surface area contributed by atoms with Gasteiger partial charge in [-0.25, -0.2) is 0 Å². The van der Waals surface area contributed by atoms with Crippen molar-refractivity contribution in [1.29, 1.82) is 5.41 Å². The van der Waals surface area contributed by atoms with Gasteiger partial charge in [0.25, 0.3) is 0 Å². The minimum absolute atomic E-state index is 0.0545. The van der Waals surface area contributed by atoms with Gasteiger partial charge in [0.15, 0.2) is 5.96 Å². The van der Waals surface area contributed by atoms with Gasteiger partial charge in [-0.3, -0.25) is 15.0 Å². The zero-order valence-electron chi connectivity index (χ0n) is 20.0. The molecule has 0 aromatic carbocycles. The number of hydrogen-bond acceptors (Lipinski definition) is 5. The highest BCUT2D eigenvalue weighted by molar-refractivity contribution is 5.86. The maximum absolute atomic E-state index is 13.5. The molecular formula is C24H43N5O4. The van der Waals surface area contributed by atoms with E-state index >= 15 is 0 Å². The predicted octanol–water partition coefficient (Wildman–Crippen LogP) is 2.29. The van der Waals surface area contributed by atoms with Crippen molar-refractivity contribution in [2.75, 3.05) is 26.2 Å². The van der Waals surface area contributed by atoms with E-state index in [-0.39, 0.29) is 36.5 Å². The Bertz CT molecular complexity index is 645. The summed E-state index contributed by atoms with van der Waals surface area (Å²) in [7, 11) is 0. The number of nitrogens with two attached hydrogens (primary N) is 1. The Kier molecular flexibility index (Phi) is 10.2. The monoisotopic (exact) mass is 465 g/mol. The summed E-state index contributed by atoms with van der Waals surface area (Å²) >= 11 is 0. The number of carbonyl (C=O) groups excluding carboxylic acids is 1. The average Bonchev–Trinajstić information content (AvgIpc) is 3.07. The average molecular weight is 466 g/mol. The molecule has 2 aliphatic heterocycles. The first-order valence-electron chi connectivity index (χ1n) is 12.9. The molecule has 0 aromatic heterocycles. The second-order valence-electron chi connectivity index (χ2n) is 9.92. The molecule has 5 N–H and O–H groups in total. The molecule has 188 valence electrons. The number of carbonyl (C=O) groups is 2. The van der Waals surface area contributed by atoms with Crippen LogP contribution in [0, 0.1) is 5.41 Å². The number of carboxylic acids is 1. The Balaban J connectivity index is 1.52. The van der Waals surface area contributed by atoms with Crippen molar-refractivity contribution in [2.24, 2.45) is 5.73 Å². The van der Waals surface area contributed by atoms with Crippen LogP contribution >= 0.6 is 0 Å². The minimum Gasteiger partial charge on any atom is -0.481 e. The number of rotatable bonds is 9. The number of guanidine groups is 1. The van der Waals surface area contributed by atoms with E-state index in [2.05, 4.69) is 5.32 Å². The van der Waals surface area contributed by atoms with E-state index in [1.54, 1.807) is 0 Å². The summed E-state index contributed by atoms with van der Waals surface area (Å²) in [6.45, 7) is 2.79. The molecule has 33 heavy (non-hydrogen) atoms. The smallest absolute Gasteiger partial charge is 0.305 e. The lowest BCUT2D eigenvalue weighted by molar-refractivity contribution is -0.145. The van der Waals surface area contributed by atoms with Gasteiger partial charge in [-0.2, -0.15) is 0 Å². The zero-order chi connectivity index (χ0) is 23.6. The lowest BCUT2D eigenvalue weighted by Crippen LogP contribution is -2.55. The van der Waals surface area contributed by atoms with Gasteiger partial charge in [-0.15, -0.1) is 0 Å². The van der Waals surface area contributed by atoms with Gasteiger partial charge >= 0.3 is 5.97 Å². The molecule has 3 aliphatic rings. The highest BCUT2D eigenvalue weighted by Crippen LogP contribution is 2.24. The molecule has 2 atom stereocenters. The number of piperidine rings is 2. The van der Waals surface area contributed by atoms with E-state index in [4.69, 9.17) is 15.9 Å². The van der Waals surface area contributed by atoms with E-state index in [1.165, 1.54) is 12.8 Å². The van der Waals surface area contributed by atoms with Crippen molar-refractivity contribution >= 4 is 17.8 Å². The van der Waals surface area contributed by atoms with Crippen molar-refractivity contribution in [3.8, 4) is 0 Å². The molecule has 0 aromatic rings. The van der Waals surface area contributed by atoms with Crippen molar-refractivity contribution in [3.05, 3.63) is 0 Å². The fourth-order valence-corrected chi connectivity index (χ4v) is 5.55. The van der Waals surface area contributed by atoms with Gasteiger partial charge in [0, 0.05) is 38.3 Å². The molecule has 2 heterocycles. The molecule has 0 unspecified atom stereocenters. The van der Waals surface area contributed by atoms with Crippen LogP contribution in [0.3, 0.4) is 0 Å². The molecule has 0 radical (unpaired) electrons. The fourth-order valence-electron chi connectivity index (χ4n) is 5.55. The molecule has 1 aliphatic carbocycles. The first kappa shape index (κ1) is 25.7. The summed E-state index contributed by atoms with van der Waals surface area (Å²) in [5.74, 6) is -0.859. The van der Waals surface area contributed by atoms with Crippen LogP contribution in [0.1, 0.15) is 83.5 Å². The topological polar surface area (TPSA) is 132 Å². The van der Waals surface area contributed by atoms with Crippen LogP contribution in [0.4, 0.5) is 0 Å². The van der Waals surface area contributed by atoms with E-state index in [0.717, 1.165) is 77.3 Å². The summed E-state index contributed by atoms with van der Waals surface area (Å²) in [5, 5.41) is 20.4. The Hall–Kier alpha value is -1.87. The number of amides is 1. The number of hydrogen-bond donors (Lipinski definition) is 4. The van der Waals surface area contributed by atoms with Crippen molar-refractivity contribution in [2.45, 2.75) is 108 Å². The van der Waals surface area contributed by atoms with Gasteiger partial charge in [0.1, 0.15) is 0 Å². The van der Waals surface area contributed by atoms with E-state index in [9.17, 15) is 14.7 Å². The third-order valence-corrected chi connectivity index (χ3v) is 7.47. The van der Waals surface area contributed by atoms with Crippen molar-refractivity contribution < 1.29 is 19.4 Å². The molecule has 1 amide bonds. The maximum Gasteiger partial charge on any atom is 0.305 e. The van der Waals surface area contributed by atoms with E-state index in [0.29, 0.717) is 13.2 Å². The summed E-state index contributed by atoms with van der Waals surface area (Å²) in [4.78, 5) is 28.8. The number of carboxylic acid groups (broad SMARTS) is 1. The Morgan fingerprint density at radius 2 is 1.67 bits per heavy atom. The first-order valence-corrected chi connectivity index (χ1v) is 12.9. The number of ether oxygens (including phenoxy) is 1. The molecule has 3 fully saturated rings. The molecule has 2 saturated heterocycles. The third-order valence-electron chi connectivity index (χ3n) is 7.47. The van der Waals surface area contributed by atoms with Gasteiger partial charge in [0.2, 0.25) is 5.91 Å². The van der Waals surface area contributed by atoms with Crippen LogP contribution in [-0.2, 0) is 14.3 Å². The molecular weight excluding hydrogens is 422 g/mol. The van der Waals surface area contributed by atoms with Gasteiger partial charge in [-0.1, -0.05) is 25.7 Å². The summed E-state index contributed by atoms with van der Waals surface area (Å²) in [6.07, 6.45) is 12.3. The van der Waals surface area contributed by atoms with Gasteiger partial charge in [0.05, 0.1) is 18.6 Å². The highest BCUT2D eigenvalue weighted by atomic mass is 16.5. The van der Waals surface area contributed by atoms with E-state index < -0.39 is 12.0 Å². The first-order chi connectivity index (χ1) is 15.9. The van der Waals surface area contributed by atoms with Crippen molar-refractivity contribution in [1.82, 2.24) is 15.1 Å².